The molecule has 0 saturated heterocycles. The maximum atomic E-state index is 5.56. The number of rotatable bonds is 6. The van der Waals surface area contributed by atoms with Crippen LogP contribution in [0.1, 0.15) is 16.4 Å². The summed E-state index contributed by atoms with van der Waals surface area (Å²) >= 11 is 1.71. The second kappa shape index (κ2) is 5.84. The van der Waals surface area contributed by atoms with Gasteiger partial charge in [-0.3, -0.25) is 0 Å². The van der Waals surface area contributed by atoms with Gasteiger partial charge in [-0.1, -0.05) is 6.07 Å². The summed E-state index contributed by atoms with van der Waals surface area (Å²) in [5.41, 5.74) is 0. The van der Waals surface area contributed by atoms with E-state index in [2.05, 4.69) is 16.8 Å². The summed E-state index contributed by atoms with van der Waals surface area (Å²) in [6.45, 7) is 1.94. The van der Waals surface area contributed by atoms with Crippen LogP contribution in [0.3, 0.4) is 0 Å². The number of hydrogen-bond acceptors (Lipinski definition) is 4. The minimum Gasteiger partial charge on any atom is -0.462 e. The van der Waals surface area contributed by atoms with Crippen molar-refractivity contribution in [2.45, 2.75) is 19.8 Å². The number of nitrogens with one attached hydrogen (secondary N) is 1. The largest absolute Gasteiger partial charge is 0.462 e. The first kappa shape index (κ1) is 11.4. The van der Waals surface area contributed by atoms with Crippen molar-refractivity contribution in [3.05, 3.63) is 46.0 Å². The molecule has 0 aromatic carbocycles. The molecule has 2 rings (SSSR count). The topological polar surface area (TPSA) is 34.4 Å². The van der Waals surface area contributed by atoms with E-state index in [-0.39, 0.29) is 0 Å². The minimum atomic E-state index is 0.529. The molecule has 0 amide bonds. The van der Waals surface area contributed by atoms with Gasteiger partial charge in [0, 0.05) is 4.88 Å². The molecule has 0 atom stereocenters. The van der Waals surface area contributed by atoms with E-state index in [1.54, 1.807) is 11.3 Å². The molecular weight excluding hydrogens is 222 g/mol. The summed E-state index contributed by atoms with van der Waals surface area (Å²) in [6.07, 6.45) is 0. The summed E-state index contributed by atoms with van der Waals surface area (Å²) < 4.78 is 11.1. The van der Waals surface area contributed by atoms with Crippen molar-refractivity contribution in [2.24, 2.45) is 0 Å². The monoisotopic (exact) mass is 237 g/mol. The molecular formula is C12H15NO2S. The zero-order chi connectivity index (χ0) is 11.2. The van der Waals surface area contributed by atoms with Crippen molar-refractivity contribution in [1.29, 1.82) is 0 Å². The van der Waals surface area contributed by atoms with Crippen LogP contribution in [-0.2, 0) is 24.5 Å². The van der Waals surface area contributed by atoms with Gasteiger partial charge in [0.1, 0.15) is 18.1 Å². The third-order valence-corrected chi connectivity index (χ3v) is 2.99. The van der Waals surface area contributed by atoms with E-state index in [1.165, 1.54) is 4.88 Å². The van der Waals surface area contributed by atoms with Gasteiger partial charge in [0.15, 0.2) is 0 Å². The van der Waals surface area contributed by atoms with Gasteiger partial charge in [-0.2, -0.15) is 0 Å². The van der Waals surface area contributed by atoms with Crippen LogP contribution in [0.15, 0.2) is 34.1 Å². The fourth-order valence-electron chi connectivity index (χ4n) is 1.42. The lowest BCUT2D eigenvalue weighted by Gasteiger charge is -1.99. The fourth-order valence-corrected chi connectivity index (χ4v) is 2.06. The first-order valence-electron chi connectivity index (χ1n) is 5.21. The lowest BCUT2D eigenvalue weighted by Crippen LogP contribution is -2.03. The Labute approximate surface area is 99.0 Å². The maximum Gasteiger partial charge on any atom is 0.129 e. The van der Waals surface area contributed by atoms with Crippen molar-refractivity contribution in [3.8, 4) is 0 Å². The van der Waals surface area contributed by atoms with Crippen molar-refractivity contribution in [3.63, 3.8) is 0 Å². The molecule has 0 fully saturated rings. The Kier molecular flexibility index (Phi) is 4.16. The molecule has 0 aliphatic carbocycles. The van der Waals surface area contributed by atoms with Crippen LogP contribution < -0.4 is 5.32 Å². The second-order valence-corrected chi connectivity index (χ2v) is 4.50. The zero-order valence-electron chi connectivity index (χ0n) is 9.23. The van der Waals surface area contributed by atoms with Crippen LogP contribution in [0, 0.1) is 0 Å². The molecule has 86 valence electrons. The van der Waals surface area contributed by atoms with Gasteiger partial charge >= 0.3 is 0 Å². The molecule has 2 aromatic rings. The van der Waals surface area contributed by atoms with E-state index in [1.807, 2.05) is 25.2 Å². The van der Waals surface area contributed by atoms with Gasteiger partial charge in [-0.25, -0.2) is 0 Å². The Morgan fingerprint density at radius 2 is 2.12 bits per heavy atom. The SMILES string of the molecule is CNCc1ccc(COCc2cccs2)o1. The Bertz CT molecular complexity index is 408. The summed E-state index contributed by atoms with van der Waals surface area (Å²) in [5.74, 6) is 1.82. The van der Waals surface area contributed by atoms with Crippen molar-refractivity contribution in [2.75, 3.05) is 7.05 Å². The number of furan rings is 1. The highest BCUT2D eigenvalue weighted by Crippen LogP contribution is 2.13. The highest BCUT2D eigenvalue weighted by atomic mass is 32.1. The Balaban J connectivity index is 1.76. The lowest BCUT2D eigenvalue weighted by atomic mass is 10.4. The number of ether oxygens (including phenoxy) is 1. The second-order valence-electron chi connectivity index (χ2n) is 3.47. The van der Waals surface area contributed by atoms with Crippen LogP contribution >= 0.6 is 11.3 Å². The van der Waals surface area contributed by atoms with Crippen LogP contribution in [-0.4, -0.2) is 7.05 Å². The van der Waals surface area contributed by atoms with Gasteiger partial charge in [0.05, 0.1) is 13.2 Å². The highest BCUT2D eigenvalue weighted by Gasteiger charge is 2.01. The number of hydrogen-bond donors (Lipinski definition) is 1. The third kappa shape index (κ3) is 3.20. The fraction of sp³-hybridized carbons (Fsp3) is 0.333. The van der Waals surface area contributed by atoms with E-state index in [0.717, 1.165) is 18.1 Å². The van der Waals surface area contributed by atoms with E-state index in [4.69, 9.17) is 9.15 Å². The third-order valence-electron chi connectivity index (χ3n) is 2.14. The highest BCUT2D eigenvalue weighted by molar-refractivity contribution is 7.09. The van der Waals surface area contributed by atoms with Gasteiger partial charge in [0.2, 0.25) is 0 Å². The summed E-state index contributed by atoms with van der Waals surface area (Å²) in [4.78, 5) is 1.24. The Morgan fingerprint density at radius 1 is 1.25 bits per heavy atom. The predicted octanol–water partition coefficient (Wildman–Crippen LogP) is 2.78. The molecule has 3 nitrogen and oxygen atoms in total. The summed E-state index contributed by atoms with van der Waals surface area (Å²) in [7, 11) is 1.90. The van der Waals surface area contributed by atoms with Gasteiger partial charge < -0.3 is 14.5 Å². The van der Waals surface area contributed by atoms with Crippen LogP contribution in [0.4, 0.5) is 0 Å². The maximum absolute atomic E-state index is 5.56. The molecule has 0 aliphatic rings. The molecule has 0 radical (unpaired) electrons. The molecule has 0 spiro atoms. The molecule has 1 N–H and O–H groups in total. The Morgan fingerprint density at radius 3 is 2.88 bits per heavy atom. The summed E-state index contributed by atoms with van der Waals surface area (Å²) in [6, 6.07) is 8.03. The Hall–Kier alpha value is -1.10. The standard InChI is InChI=1S/C12H15NO2S/c1-13-7-10-4-5-11(15-10)8-14-9-12-3-2-6-16-12/h2-6,13H,7-9H2,1H3. The molecule has 0 bridgehead atoms. The molecule has 16 heavy (non-hydrogen) atoms. The predicted molar refractivity (Wildman–Crippen MR) is 64.3 cm³/mol. The minimum absolute atomic E-state index is 0.529. The first-order valence-corrected chi connectivity index (χ1v) is 6.09. The van der Waals surface area contributed by atoms with Crippen molar-refractivity contribution < 1.29 is 9.15 Å². The smallest absolute Gasteiger partial charge is 0.129 e. The van der Waals surface area contributed by atoms with Crippen LogP contribution in [0.25, 0.3) is 0 Å². The van der Waals surface area contributed by atoms with Crippen molar-refractivity contribution >= 4 is 11.3 Å². The quantitative estimate of drug-likeness (QED) is 0.839. The van der Waals surface area contributed by atoms with E-state index >= 15 is 0 Å². The van der Waals surface area contributed by atoms with Gasteiger partial charge in [0.25, 0.3) is 0 Å². The number of thiophene rings is 1. The van der Waals surface area contributed by atoms with Crippen LogP contribution in [0.2, 0.25) is 0 Å². The van der Waals surface area contributed by atoms with Gasteiger partial charge in [-0.05, 0) is 30.6 Å². The van der Waals surface area contributed by atoms with Crippen LogP contribution in [0.5, 0.6) is 0 Å². The normalized spacial score (nSPS) is 10.8. The molecule has 2 heterocycles. The average molecular weight is 237 g/mol. The van der Waals surface area contributed by atoms with E-state index in [9.17, 15) is 0 Å². The molecule has 0 aliphatic heterocycles. The zero-order valence-corrected chi connectivity index (χ0v) is 10.0. The molecule has 0 unspecified atom stereocenters. The van der Waals surface area contributed by atoms with Crippen molar-refractivity contribution in [1.82, 2.24) is 5.32 Å². The average Bonchev–Trinajstić information content (AvgIpc) is 2.90. The van der Waals surface area contributed by atoms with E-state index < -0.39 is 0 Å². The lowest BCUT2D eigenvalue weighted by molar-refractivity contribution is 0.0939. The first-order chi connectivity index (χ1) is 7.88. The molecule has 2 aromatic heterocycles. The summed E-state index contributed by atoms with van der Waals surface area (Å²) in [5, 5.41) is 5.10. The molecule has 4 heteroatoms. The molecule has 0 saturated carbocycles. The van der Waals surface area contributed by atoms with E-state index in [0.29, 0.717) is 13.2 Å². The van der Waals surface area contributed by atoms with Gasteiger partial charge in [-0.15, -0.1) is 11.3 Å².